The van der Waals surface area contributed by atoms with Gasteiger partial charge in [0, 0.05) is 11.7 Å². The maximum absolute atomic E-state index is 12.0. The molecule has 0 saturated carbocycles. The van der Waals surface area contributed by atoms with Gasteiger partial charge in [0.15, 0.2) is 0 Å². The Morgan fingerprint density at radius 3 is 2.59 bits per heavy atom. The Morgan fingerprint density at radius 1 is 1.41 bits per heavy atom. The number of amides is 1. The Morgan fingerprint density at radius 2 is 2.06 bits per heavy atom. The molecule has 3 N–H and O–H groups in total. The highest BCUT2D eigenvalue weighted by Gasteiger charge is 2.39. The second-order valence-electron chi connectivity index (χ2n) is 5.32. The number of aryl methyl sites for hydroxylation is 1. The summed E-state index contributed by atoms with van der Waals surface area (Å²) in [7, 11) is 0. The van der Waals surface area contributed by atoms with Gasteiger partial charge in [0.05, 0.1) is 5.41 Å². The first-order chi connectivity index (χ1) is 7.87. The van der Waals surface area contributed by atoms with Crippen LogP contribution in [0.2, 0.25) is 0 Å². The highest BCUT2D eigenvalue weighted by atomic mass is 16.2. The van der Waals surface area contributed by atoms with Gasteiger partial charge in [-0.2, -0.15) is 0 Å². The molecule has 1 aromatic rings. The van der Waals surface area contributed by atoms with Crippen molar-refractivity contribution in [2.75, 3.05) is 5.32 Å². The number of fused-ring (bicyclic) bond motifs is 1. The highest BCUT2D eigenvalue weighted by molar-refractivity contribution is 6.06. The molecule has 1 aliphatic rings. The molecule has 0 fully saturated rings. The molecule has 0 bridgehead atoms. The van der Waals surface area contributed by atoms with Crippen molar-refractivity contribution in [2.45, 2.75) is 45.6 Å². The third-order valence-corrected chi connectivity index (χ3v) is 3.63. The minimum Gasteiger partial charge on any atom is -0.325 e. The number of nitrogens with one attached hydrogen (secondary N) is 1. The largest absolute Gasteiger partial charge is 0.325 e. The Kier molecular flexibility index (Phi) is 2.74. The molecule has 1 aromatic carbocycles. The topological polar surface area (TPSA) is 55.1 Å². The Labute approximate surface area is 102 Å². The molecule has 1 unspecified atom stereocenters. The fraction of sp³-hybridized carbons (Fsp3) is 0.500. The second kappa shape index (κ2) is 3.84. The molecule has 17 heavy (non-hydrogen) atoms. The van der Waals surface area contributed by atoms with E-state index >= 15 is 0 Å². The number of rotatable bonds is 2. The lowest BCUT2D eigenvalue weighted by molar-refractivity contribution is -0.119. The third-order valence-electron chi connectivity index (χ3n) is 3.63. The van der Waals surface area contributed by atoms with E-state index in [1.165, 1.54) is 5.56 Å². The predicted molar refractivity (Wildman–Crippen MR) is 70.1 cm³/mol. The van der Waals surface area contributed by atoms with E-state index in [1.54, 1.807) is 0 Å². The molecule has 1 amide bonds. The Balaban J connectivity index is 2.66. The van der Waals surface area contributed by atoms with Crippen molar-refractivity contribution in [1.29, 1.82) is 0 Å². The van der Waals surface area contributed by atoms with Gasteiger partial charge in [0.25, 0.3) is 0 Å². The molecule has 0 aliphatic carbocycles. The summed E-state index contributed by atoms with van der Waals surface area (Å²) >= 11 is 0. The molecule has 2 rings (SSSR count). The predicted octanol–water partition coefficient (Wildman–Crippen LogP) is 2.50. The minimum absolute atomic E-state index is 0.00268. The molecule has 0 aromatic heterocycles. The van der Waals surface area contributed by atoms with Crippen molar-refractivity contribution >= 4 is 11.6 Å². The molecule has 3 heteroatoms. The lowest BCUT2D eigenvalue weighted by Gasteiger charge is -2.18. The molecular weight excluding hydrogens is 212 g/mol. The average Bonchev–Trinajstić information content (AvgIpc) is 2.49. The van der Waals surface area contributed by atoms with E-state index in [-0.39, 0.29) is 11.9 Å². The normalized spacial score (nSPS) is 18.8. The van der Waals surface area contributed by atoms with E-state index in [4.69, 9.17) is 5.73 Å². The summed E-state index contributed by atoms with van der Waals surface area (Å²) in [6.07, 6.45) is 0.902. The maximum atomic E-state index is 12.0. The Hall–Kier alpha value is -1.35. The molecule has 0 spiro atoms. The first-order valence-electron chi connectivity index (χ1n) is 6.12. The number of carbonyl (C=O) groups is 1. The van der Waals surface area contributed by atoms with Crippen LogP contribution in [0.1, 0.15) is 50.4 Å². The van der Waals surface area contributed by atoms with Crippen LogP contribution in [0.15, 0.2) is 12.1 Å². The minimum atomic E-state index is -0.454. The maximum Gasteiger partial charge on any atom is 0.234 e. The van der Waals surface area contributed by atoms with Gasteiger partial charge in [0.2, 0.25) is 5.91 Å². The lowest BCUT2D eigenvalue weighted by Crippen LogP contribution is -2.27. The van der Waals surface area contributed by atoms with Crippen molar-refractivity contribution in [2.24, 2.45) is 5.73 Å². The first-order valence-corrected chi connectivity index (χ1v) is 6.12. The molecule has 1 atom stereocenters. The summed E-state index contributed by atoms with van der Waals surface area (Å²) in [5, 5.41) is 2.99. The van der Waals surface area contributed by atoms with Gasteiger partial charge in [-0.1, -0.05) is 19.1 Å². The van der Waals surface area contributed by atoms with Crippen LogP contribution in [0.4, 0.5) is 5.69 Å². The molecule has 3 nitrogen and oxygen atoms in total. The van der Waals surface area contributed by atoms with Crippen molar-refractivity contribution in [3.05, 3.63) is 28.8 Å². The van der Waals surface area contributed by atoms with Crippen LogP contribution in [0.3, 0.4) is 0 Å². The van der Waals surface area contributed by atoms with Gasteiger partial charge in [-0.25, -0.2) is 0 Å². The quantitative estimate of drug-likeness (QED) is 0.823. The van der Waals surface area contributed by atoms with E-state index in [2.05, 4.69) is 24.4 Å². The van der Waals surface area contributed by atoms with Gasteiger partial charge in [-0.05, 0) is 43.9 Å². The van der Waals surface area contributed by atoms with Crippen molar-refractivity contribution in [3.63, 3.8) is 0 Å². The number of benzene rings is 1. The van der Waals surface area contributed by atoms with E-state index in [9.17, 15) is 4.79 Å². The van der Waals surface area contributed by atoms with Crippen LogP contribution >= 0.6 is 0 Å². The number of anilines is 1. The monoisotopic (exact) mass is 232 g/mol. The van der Waals surface area contributed by atoms with E-state index in [1.807, 2.05) is 20.8 Å². The van der Waals surface area contributed by atoms with Crippen LogP contribution in [-0.4, -0.2) is 5.91 Å². The molecule has 1 heterocycles. The summed E-state index contributed by atoms with van der Waals surface area (Å²) in [5.41, 5.74) is 9.84. The van der Waals surface area contributed by atoms with Crippen LogP contribution in [0.5, 0.6) is 0 Å². The zero-order valence-corrected chi connectivity index (χ0v) is 10.9. The molecule has 92 valence electrons. The van der Waals surface area contributed by atoms with Crippen LogP contribution < -0.4 is 11.1 Å². The summed E-state index contributed by atoms with van der Waals surface area (Å²) in [6.45, 7) is 7.98. The first kappa shape index (κ1) is 12.1. The highest BCUT2D eigenvalue weighted by Crippen LogP contribution is 2.41. The van der Waals surface area contributed by atoms with E-state index in [0.717, 1.165) is 23.2 Å². The fourth-order valence-corrected chi connectivity index (χ4v) is 2.30. The average molecular weight is 232 g/mol. The van der Waals surface area contributed by atoms with Gasteiger partial charge in [-0.3, -0.25) is 4.79 Å². The fourth-order valence-electron chi connectivity index (χ4n) is 2.30. The summed E-state index contributed by atoms with van der Waals surface area (Å²) in [6, 6.07) is 4.17. The zero-order valence-electron chi connectivity index (χ0n) is 10.9. The SMILES string of the molecule is CCc1cc(C(C)N)cc2c1NC(=O)C2(C)C. The smallest absolute Gasteiger partial charge is 0.234 e. The van der Waals surface area contributed by atoms with E-state index in [0.29, 0.717) is 0 Å². The van der Waals surface area contributed by atoms with Gasteiger partial charge in [0.1, 0.15) is 0 Å². The summed E-state index contributed by atoms with van der Waals surface area (Å²) < 4.78 is 0. The molecule has 0 radical (unpaired) electrons. The summed E-state index contributed by atoms with van der Waals surface area (Å²) in [4.78, 5) is 12.0. The number of hydrogen-bond acceptors (Lipinski definition) is 2. The van der Waals surface area contributed by atoms with Crippen LogP contribution in [-0.2, 0) is 16.6 Å². The molecule has 1 aliphatic heterocycles. The molecular formula is C14H20N2O. The standard InChI is InChI=1S/C14H20N2O/c1-5-9-6-10(8(2)15)7-11-12(9)16-13(17)14(11,3)4/h6-8H,5,15H2,1-4H3,(H,16,17). The third kappa shape index (κ3) is 1.75. The van der Waals surface area contributed by atoms with Crippen molar-refractivity contribution < 1.29 is 4.79 Å². The van der Waals surface area contributed by atoms with Crippen LogP contribution in [0, 0.1) is 0 Å². The second-order valence-corrected chi connectivity index (χ2v) is 5.32. The summed E-state index contributed by atoms with van der Waals surface area (Å²) in [5.74, 6) is 0.0732. The number of nitrogens with two attached hydrogens (primary N) is 1. The van der Waals surface area contributed by atoms with Crippen molar-refractivity contribution in [1.82, 2.24) is 0 Å². The Bertz CT molecular complexity index is 475. The number of hydrogen-bond donors (Lipinski definition) is 2. The zero-order chi connectivity index (χ0) is 12.8. The number of carbonyl (C=O) groups excluding carboxylic acids is 1. The van der Waals surface area contributed by atoms with Gasteiger partial charge >= 0.3 is 0 Å². The van der Waals surface area contributed by atoms with Gasteiger partial charge in [-0.15, -0.1) is 0 Å². The van der Waals surface area contributed by atoms with Gasteiger partial charge < -0.3 is 11.1 Å². The van der Waals surface area contributed by atoms with Crippen LogP contribution in [0.25, 0.3) is 0 Å². The van der Waals surface area contributed by atoms with E-state index < -0.39 is 5.41 Å². The lowest BCUT2D eigenvalue weighted by atomic mass is 9.83. The van der Waals surface area contributed by atoms with Crippen molar-refractivity contribution in [3.8, 4) is 0 Å². The molecule has 0 saturated heterocycles.